The fraction of sp³-hybridized carbons (Fsp3) is 0.500. The molecular formula is C12H18N4OS. The summed E-state index contributed by atoms with van der Waals surface area (Å²) in [6.45, 7) is 6.49. The number of thioether (sulfide) groups is 1. The highest BCUT2D eigenvalue weighted by molar-refractivity contribution is 8.00. The Hall–Kier alpha value is -1.43. The molecule has 0 radical (unpaired) electrons. The predicted molar refractivity (Wildman–Crippen MR) is 75.5 cm³/mol. The van der Waals surface area contributed by atoms with E-state index in [-0.39, 0.29) is 5.84 Å². The molecule has 1 aromatic rings. The fourth-order valence-electron chi connectivity index (χ4n) is 2.20. The molecule has 6 heteroatoms. The van der Waals surface area contributed by atoms with Crippen LogP contribution < -0.4 is 10.6 Å². The van der Waals surface area contributed by atoms with Crippen molar-refractivity contribution in [3.63, 3.8) is 0 Å². The first-order valence-corrected chi connectivity index (χ1v) is 6.88. The van der Waals surface area contributed by atoms with E-state index in [1.165, 1.54) is 0 Å². The first kappa shape index (κ1) is 13.0. The van der Waals surface area contributed by atoms with Crippen LogP contribution in [0.1, 0.15) is 19.5 Å². The van der Waals surface area contributed by atoms with Crippen LogP contribution in [0.2, 0.25) is 0 Å². The second kappa shape index (κ2) is 5.48. The highest BCUT2D eigenvalue weighted by Gasteiger charge is 2.22. The van der Waals surface area contributed by atoms with Crippen molar-refractivity contribution in [1.82, 2.24) is 4.98 Å². The van der Waals surface area contributed by atoms with Crippen molar-refractivity contribution in [2.45, 2.75) is 24.3 Å². The Morgan fingerprint density at radius 3 is 2.78 bits per heavy atom. The van der Waals surface area contributed by atoms with Gasteiger partial charge in [0.2, 0.25) is 0 Å². The van der Waals surface area contributed by atoms with Gasteiger partial charge in [-0.15, -0.1) is 0 Å². The van der Waals surface area contributed by atoms with E-state index in [4.69, 9.17) is 10.9 Å². The van der Waals surface area contributed by atoms with Crippen LogP contribution in [0.3, 0.4) is 0 Å². The molecule has 1 fully saturated rings. The minimum atomic E-state index is 0.0457. The van der Waals surface area contributed by atoms with E-state index in [2.05, 4.69) is 28.9 Å². The summed E-state index contributed by atoms with van der Waals surface area (Å²) in [5, 5.41) is 12.9. The summed E-state index contributed by atoms with van der Waals surface area (Å²) in [6, 6.07) is 3.83. The second-order valence-electron chi connectivity index (χ2n) is 4.55. The van der Waals surface area contributed by atoms with Gasteiger partial charge in [0, 0.05) is 35.5 Å². The zero-order valence-electron chi connectivity index (χ0n) is 10.6. The zero-order valence-corrected chi connectivity index (χ0v) is 11.4. The van der Waals surface area contributed by atoms with Gasteiger partial charge in [-0.25, -0.2) is 0 Å². The summed E-state index contributed by atoms with van der Waals surface area (Å²) in [6.07, 6.45) is 1.69. The smallest absolute Gasteiger partial charge is 0.188 e. The summed E-state index contributed by atoms with van der Waals surface area (Å²) in [4.78, 5) is 6.42. The zero-order chi connectivity index (χ0) is 13.1. The second-order valence-corrected chi connectivity index (χ2v) is 6.43. The molecule has 2 rings (SSSR count). The molecule has 1 saturated heterocycles. The Bertz CT molecular complexity index is 441. The van der Waals surface area contributed by atoms with Crippen LogP contribution in [0.5, 0.6) is 0 Å². The molecule has 0 aliphatic carbocycles. The Balaban J connectivity index is 2.22. The lowest BCUT2D eigenvalue weighted by molar-refractivity contribution is 0.318. The Labute approximate surface area is 111 Å². The molecule has 3 N–H and O–H groups in total. The van der Waals surface area contributed by atoms with E-state index < -0.39 is 0 Å². The number of amidine groups is 1. The van der Waals surface area contributed by atoms with Gasteiger partial charge < -0.3 is 15.8 Å². The summed E-state index contributed by atoms with van der Waals surface area (Å²) in [5.41, 5.74) is 7.14. The first-order chi connectivity index (χ1) is 8.60. The van der Waals surface area contributed by atoms with Crippen LogP contribution in [0.4, 0.5) is 5.69 Å². The molecule has 1 aromatic heterocycles. The van der Waals surface area contributed by atoms with Crippen LogP contribution >= 0.6 is 11.8 Å². The third-order valence-electron chi connectivity index (χ3n) is 2.90. The third kappa shape index (κ3) is 2.87. The minimum Gasteiger partial charge on any atom is -0.409 e. The lowest BCUT2D eigenvalue weighted by atomic mass is 10.2. The maximum atomic E-state index is 8.68. The molecule has 2 atom stereocenters. The van der Waals surface area contributed by atoms with E-state index in [0.29, 0.717) is 16.2 Å². The van der Waals surface area contributed by atoms with Crippen LogP contribution in [-0.4, -0.2) is 39.6 Å². The molecule has 2 unspecified atom stereocenters. The molecule has 5 nitrogen and oxygen atoms in total. The van der Waals surface area contributed by atoms with E-state index in [9.17, 15) is 0 Å². The van der Waals surface area contributed by atoms with Crippen molar-refractivity contribution in [2.24, 2.45) is 10.9 Å². The monoisotopic (exact) mass is 266 g/mol. The largest absolute Gasteiger partial charge is 0.409 e. The van der Waals surface area contributed by atoms with Crippen molar-refractivity contribution in [3.8, 4) is 0 Å². The molecule has 0 bridgehead atoms. The number of oxime groups is 1. The fourth-order valence-corrected chi connectivity index (χ4v) is 3.52. The molecule has 2 heterocycles. The van der Waals surface area contributed by atoms with Crippen LogP contribution in [0.15, 0.2) is 23.5 Å². The van der Waals surface area contributed by atoms with Gasteiger partial charge in [0.1, 0.15) is 5.69 Å². The first-order valence-electron chi connectivity index (χ1n) is 5.94. The summed E-state index contributed by atoms with van der Waals surface area (Å²) < 4.78 is 0. The number of rotatable bonds is 2. The van der Waals surface area contributed by atoms with Gasteiger partial charge in [0.05, 0.1) is 0 Å². The van der Waals surface area contributed by atoms with Crippen molar-refractivity contribution in [1.29, 1.82) is 0 Å². The molecule has 0 aromatic carbocycles. The lowest BCUT2D eigenvalue weighted by Gasteiger charge is -2.36. The average molecular weight is 266 g/mol. The van der Waals surface area contributed by atoms with E-state index in [1.807, 2.05) is 23.9 Å². The molecule has 1 aliphatic heterocycles. The summed E-state index contributed by atoms with van der Waals surface area (Å²) in [5.74, 6) is 0.0457. The van der Waals surface area contributed by atoms with Crippen molar-refractivity contribution >= 4 is 23.3 Å². The standard InChI is InChI=1S/C12H18N4OS/c1-8-6-16(7-9(2)18-8)10-3-4-14-11(5-10)12(13)15-17/h3-5,8-9,17H,6-7H2,1-2H3,(H2,13,15). The van der Waals surface area contributed by atoms with Gasteiger partial charge in [0.25, 0.3) is 0 Å². The number of nitrogens with zero attached hydrogens (tertiary/aromatic N) is 3. The van der Waals surface area contributed by atoms with Gasteiger partial charge in [-0.2, -0.15) is 11.8 Å². The topological polar surface area (TPSA) is 74.7 Å². The molecular weight excluding hydrogens is 248 g/mol. The summed E-state index contributed by atoms with van der Waals surface area (Å²) >= 11 is 2.01. The highest BCUT2D eigenvalue weighted by Crippen LogP contribution is 2.28. The SMILES string of the molecule is CC1CN(c2ccnc(C(N)=NO)c2)CC(C)S1. The normalized spacial score (nSPS) is 25.2. The molecule has 0 amide bonds. The van der Waals surface area contributed by atoms with Crippen LogP contribution in [0.25, 0.3) is 0 Å². The number of pyridine rings is 1. The van der Waals surface area contributed by atoms with Crippen molar-refractivity contribution in [2.75, 3.05) is 18.0 Å². The number of hydrogen-bond donors (Lipinski definition) is 2. The Morgan fingerprint density at radius 2 is 2.17 bits per heavy atom. The predicted octanol–water partition coefficient (Wildman–Crippen LogP) is 1.51. The van der Waals surface area contributed by atoms with Gasteiger partial charge in [-0.1, -0.05) is 19.0 Å². The lowest BCUT2D eigenvalue weighted by Crippen LogP contribution is -2.40. The quantitative estimate of drug-likeness (QED) is 0.367. The van der Waals surface area contributed by atoms with Gasteiger partial charge in [0.15, 0.2) is 5.84 Å². The molecule has 18 heavy (non-hydrogen) atoms. The molecule has 0 spiro atoms. The van der Waals surface area contributed by atoms with Crippen molar-refractivity contribution in [3.05, 3.63) is 24.0 Å². The maximum absolute atomic E-state index is 8.68. The van der Waals surface area contributed by atoms with Crippen molar-refractivity contribution < 1.29 is 5.21 Å². The Morgan fingerprint density at radius 1 is 1.50 bits per heavy atom. The van der Waals surface area contributed by atoms with E-state index >= 15 is 0 Å². The highest BCUT2D eigenvalue weighted by atomic mass is 32.2. The van der Waals surface area contributed by atoms with E-state index in [0.717, 1.165) is 18.8 Å². The maximum Gasteiger partial charge on any atom is 0.188 e. The number of nitrogens with two attached hydrogens (primary N) is 1. The molecule has 1 aliphatic rings. The number of hydrogen-bond acceptors (Lipinski definition) is 5. The summed E-state index contributed by atoms with van der Waals surface area (Å²) in [7, 11) is 0. The molecule has 98 valence electrons. The third-order valence-corrected chi connectivity index (χ3v) is 4.13. The minimum absolute atomic E-state index is 0.0457. The van der Waals surface area contributed by atoms with Crippen LogP contribution in [-0.2, 0) is 0 Å². The van der Waals surface area contributed by atoms with Gasteiger partial charge in [-0.3, -0.25) is 4.98 Å². The molecule has 0 saturated carbocycles. The Kier molecular flexibility index (Phi) is 3.96. The van der Waals surface area contributed by atoms with Gasteiger partial charge in [-0.05, 0) is 12.1 Å². The number of aromatic nitrogens is 1. The van der Waals surface area contributed by atoms with Crippen LogP contribution in [0, 0.1) is 0 Å². The van der Waals surface area contributed by atoms with Gasteiger partial charge >= 0.3 is 0 Å². The van der Waals surface area contributed by atoms with E-state index in [1.54, 1.807) is 6.20 Å². The number of anilines is 1. The average Bonchev–Trinajstić information content (AvgIpc) is 2.37.